The maximum Gasteiger partial charge on any atom is 0.218 e. The van der Waals surface area contributed by atoms with Gasteiger partial charge in [-0.2, -0.15) is 0 Å². The van der Waals surface area contributed by atoms with E-state index in [1.165, 1.54) is 24.8 Å². The number of rotatable bonds is 6. The summed E-state index contributed by atoms with van der Waals surface area (Å²) in [4.78, 5) is 44.4. The summed E-state index contributed by atoms with van der Waals surface area (Å²) in [5, 5.41) is 0.748. The van der Waals surface area contributed by atoms with E-state index in [9.17, 15) is 19.2 Å². The van der Waals surface area contributed by atoms with Crippen LogP contribution in [0.5, 0.6) is 5.75 Å². The molecular weight excluding hydrogens is 442 g/mol. The first-order valence-electron chi connectivity index (χ1n) is 10.6. The van der Waals surface area contributed by atoms with Crippen LogP contribution in [-0.2, 0) is 19.2 Å². The number of halogens is 1. The number of methoxy groups -OCH3 is 1. The standard InChI is InChI=1S/C10H12O3.C8H9ClO.C4H9NO.2C2H6/c1-5-9(6(2)7(3)11)10(13)8(4)12;1-6-5-7(9)3-4-8(6)10-2;1-4(6)5(2)3;2*1-2/h5,9H,1-2H2,3-4H3;3-5H,1-2H3;1-3H3;2*1-2H3. The van der Waals surface area contributed by atoms with E-state index < -0.39 is 17.5 Å². The van der Waals surface area contributed by atoms with Gasteiger partial charge in [0.1, 0.15) is 5.75 Å². The lowest BCUT2D eigenvalue weighted by Crippen LogP contribution is -2.23. The first-order chi connectivity index (χ1) is 15.3. The molecule has 0 N–H and O–H groups in total. The molecule has 0 aliphatic heterocycles. The molecule has 0 aliphatic carbocycles. The van der Waals surface area contributed by atoms with Crippen LogP contribution in [0.4, 0.5) is 0 Å². The summed E-state index contributed by atoms with van der Waals surface area (Å²) >= 11 is 5.72. The maximum absolute atomic E-state index is 11.2. The molecule has 1 atom stereocenters. The second-order valence-corrected chi connectivity index (χ2v) is 6.68. The molecule has 0 aromatic heterocycles. The van der Waals surface area contributed by atoms with Crippen molar-refractivity contribution in [3.63, 3.8) is 0 Å². The number of Topliss-reactive ketones (excluding diaryl/α,β-unsaturated/α-hetero) is 3. The van der Waals surface area contributed by atoms with Gasteiger partial charge in [-0.3, -0.25) is 19.2 Å². The summed E-state index contributed by atoms with van der Waals surface area (Å²) in [5.74, 6) is -1.43. The number of carbonyl (C=O) groups is 4. The molecule has 0 fully saturated rings. The number of aryl methyl sites for hydroxylation is 1. The minimum absolute atomic E-state index is 0.0926. The van der Waals surface area contributed by atoms with Crippen molar-refractivity contribution < 1.29 is 23.9 Å². The minimum atomic E-state index is -0.866. The number of hydrogen-bond acceptors (Lipinski definition) is 5. The SMILES string of the molecule is C=CC(C(=C)C(C)=O)C(=O)C(C)=O.CC.CC.CC(=O)N(C)C.COc1ccc(Cl)cc1C. The van der Waals surface area contributed by atoms with Gasteiger partial charge < -0.3 is 9.64 Å². The number of benzene rings is 1. The van der Waals surface area contributed by atoms with E-state index in [0.717, 1.165) is 23.3 Å². The number of ether oxygens (including phenoxy) is 1. The van der Waals surface area contributed by atoms with Crippen molar-refractivity contribution in [2.45, 2.75) is 55.4 Å². The summed E-state index contributed by atoms with van der Waals surface area (Å²) < 4.78 is 5.04. The Morgan fingerprint density at radius 3 is 1.67 bits per heavy atom. The first kappa shape index (κ1) is 37.6. The molecule has 7 heteroatoms. The van der Waals surface area contributed by atoms with Gasteiger partial charge in [0.25, 0.3) is 0 Å². The molecular formula is C26H42ClNO5. The minimum Gasteiger partial charge on any atom is -0.496 e. The molecule has 188 valence electrons. The third kappa shape index (κ3) is 18.5. The highest BCUT2D eigenvalue weighted by molar-refractivity contribution is 6.38. The topological polar surface area (TPSA) is 80.8 Å². The summed E-state index contributed by atoms with van der Waals surface area (Å²) in [6, 6.07) is 5.55. The van der Waals surface area contributed by atoms with E-state index in [1.54, 1.807) is 21.2 Å². The highest BCUT2D eigenvalue weighted by atomic mass is 35.5. The summed E-state index contributed by atoms with van der Waals surface area (Å²) in [7, 11) is 5.10. The highest BCUT2D eigenvalue weighted by Crippen LogP contribution is 2.20. The van der Waals surface area contributed by atoms with E-state index in [0.29, 0.717) is 0 Å². The summed E-state index contributed by atoms with van der Waals surface area (Å²) in [6.45, 7) is 20.8. The van der Waals surface area contributed by atoms with E-state index in [1.807, 2.05) is 52.8 Å². The number of amides is 1. The fourth-order valence-electron chi connectivity index (χ4n) is 1.69. The first-order valence-corrected chi connectivity index (χ1v) is 11.0. The number of ketones is 3. The monoisotopic (exact) mass is 483 g/mol. The lowest BCUT2D eigenvalue weighted by molar-refractivity contribution is -0.136. The largest absolute Gasteiger partial charge is 0.496 e. The molecule has 1 aromatic carbocycles. The Labute approximate surface area is 205 Å². The highest BCUT2D eigenvalue weighted by Gasteiger charge is 2.23. The lowest BCUT2D eigenvalue weighted by atomic mass is 9.91. The maximum atomic E-state index is 11.2. The third-order valence-electron chi connectivity index (χ3n) is 3.68. The molecule has 0 saturated carbocycles. The van der Waals surface area contributed by atoms with Gasteiger partial charge in [0, 0.05) is 38.5 Å². The lowest BCUT2D eigenvalue weighted by Gasteiger charge is -2.09. The van der Waals surface area contributed by atoms with Gasteiger partial charge in [-0.25, -0.2) is 0 Å². The van der Waals surface area contributed by atoms with Crippen LogP contribution < -0.4 is 4.74 Å². The Morgan fingerprint density at radius 2 is 1.42 bits per heavy atom. The Balaban J connectivity index is -0.000000186. The van der Waals surface area contributed by atoms with Crippen LogP contribution >= 0.6 is 11.6 Å². The van der Waals surface area contributed by atoms with E-state index in [2.05, 4.69) is 13.2 Å². The Kier molecular flexibility index (Phi) is 25.6. The second kappa shape index (κ2) is 22.5. The molecule has 0 spiro atoms. The fraction of sp³-hybridized carbons (Fsp3) is 0.462. The Hall–Kier alpha value is -2.73. The van der Waals surface area contributed by atoms with Crippen LogP contribution in [0.3, 0.4) is 0 Å². The molecule has 1 rings (SSSR count). The van der Waals surface area contributed by atoms with E-state index in [-0.39, 0.29) is 17.3 Å². The molecule has 0 bridgehead atoms. The molecule has 0 aliphatic rings. The Bertz CT molecular complexity index is 744. The number of nitrogens with zero attached hydrogens (tertiary/aromatic N) is 1. The van der Waals surface area contributed by atoms with Crippen molar-refractivity contribution in [1.29, 1.82) is 0 Å². The molecule has 0 saturated heterocycles. The van der Waals surface area contributed by atoms with Crippen LogP contribution in [0.15, 0.2) is 43.0 Å². The molecule has 0 radical (unpaired) electrons. The molecule has 33 heavy (non-hydrogen) atoms. The van der Waals surface area contributed by atoms with Crippen LogP contribution in [-0.4, -0.2) is 49.4 Å². The van der Waals surface area contributed by atoms with Crippen molar-refractivity contribution in [3.05, 3.63) is 53.6 Å². The van der Waals surface area contributed by atoms with Crippen molar-refractivity contribution in [2.24, 2.45) is 5.92 Å². The molecule has 0 heterocycles. The number of allylic oxidation sites excluding steroid dienone is 2. The van der Waals surface area contributed by atoms with Crippen molar-refractivity contribution in [2.75, 3.05) is 21.2 Å². The van der Waals surface area contributed by atoms with Crippen molar-refractivity contribution in [1.82, 2.24) is 4.90 Å². The molecule has 1 aromatic rings. The van der Waals surface area contributed by atoms with E-state index in [4.69, 9.17) is 16.3 Å². The van der Waals surface area contributed by atoms with Crippen LogP contribution in [0.1, 0.15) is 54.0 Å². The zero-order valence-corrected chi connectivity index (χ0v) is 22.9. The van der Waals surface area contributed by atoms with Gasteiger partial charge >= 0.3 is 0 Å². The van der Waals surface area contributed by atoms with Gasteiger partial charge in [-0.1, -0.05) is 52.0 Å². The van der Waals surface area contributed by atoms with Crippen molar-refractivity contribution >= 4 is 34.9 Å². The second-order valence-electron chi connectivity index (χ2n) is 6.24. The van der Waals surface area contributed by atoms with Crippen LogP contribution in [0, 0.1) is 12.8 Å². The van der Waals surface area contributed by atoms with Gasteiger partial charge in [0.15, 0.2) is 11.6 Å². The summed E-state index contributed by atoms with van der Waals surface area (Å²) in [6.07, 6.45) is 1.26. The van der Waals surface area contributed by atoms with Crippen LogP contribution in [0.25, 0.3) is 0 Å². The summed E-state index contributed by atoms with van der Waals surface area (Å²) in [5.41, 5.74) is 1.17. The average Bonchev–Trinajstić information content (AvgIpc) is 2.77. The third-order valence-corrected chi connectivity index (χ3v) is 3.91. The molecule has 1 amide bonds. The van der Waals surface area contributed by atoms with Crippen molar-refractivity contribution in [3.8, 4) is 5.75 Å². The van der Waals surface area contributed by atoms with Gasteiger partial charge in [0.2, 0.25) is 11.7 Å². The molecule has 6 nitrogen and oxygen atoms in total. The van der Waals surface area contributed by atoms with Gasteiger partial charge in [0.05, 0.1) is 13.0 Å². The van der Waals surface area contributed by atoms with Gasteiger partial charge in [-0.05, 0) is 37.6 Å². The predicted octanol–water partition coefficient (Wildman–Crippen LogP) is 5.90. The normalized spacial score (nSPS) is 9.21. The molecule has 1 unspecified atom stereocenters. The Morgan fingerprint density at radius 1 is 1.00 bits per heavy atom. The number of carbonyl (C=O) groups excluding carboxylic acids is 4. The quantitative estimate of drug-likeness (QED) is 0.286. The number of hydrogen-bond donors (Lipinski definition) is 0. The van der Waals surface area contributed by atoms with Gasteiger partial charge in [-0.15, -0.1) is 6.58 Å². The smallest absolute Gasteiger partial charge is 0.218 e. The van der Waals surface area contributed by atoms with E-state index >= 15 is 0 Å². The zero-order chi connectivity index (χ0) is 27.3. The zero-order valence-electron chi connectivity index (χ0n) is 22.2. The van der Waals surface area contributed by atoms with Crippen LogP contribution in [0.2, 0.25) is 5.02 Å². The fourth-order valence-corrected chi connectivity index (χ4v) is 1.91. The average molecular weight is 484 g/mol. The predicted molar refractivity (Wildman–Crippen MR) is 139 cm³/mol.